The minimum atomic E-state index is -2.82. The Kier molecular flexibility index (Phi) is 16.3. The van der Waals surface area contributed by atoms with Gasteiger partial charge in [-0.3, -0.25) is 38.6 Å². The summed E-state index contributed by atoms with van der Waals surface area (Å²) in [6.07, 6.45) is 2.47. The second kappa shape index (κ2) is 22.4. The van der Waals surface area contributed by atoms with E-state index in [9.17, 15) is 39.6 Å². The van der Waals surface area contributed by atoms with Gasteiger partial charge in [-0.2, -0.15) is 0 Å². The van der Waals surface area contributed by atoms with Crippen molar-refractivity contribution in [3.8, 4) is 11.6 Å². The van der Waals surface area contributed by atoms with Gasteiger partial charge in [-0.15, -0.1) is 0 Å². The molecule has 3 fully saturated rings. The van der Waals surface area contributed by atoms with Gasteiger partial charge >= 0.3 is 0 Å². The number of hydrogen-bond donors (Lipinski definition) is 6. The Morgan fingerprint density at radius 2 is 1.40 bits per heavy atom. The minimum absolute atomic E-state index is 0.00195. The van der Waals surface area contributed by atoms with Gasteiger partial charge in [0.2, 0.25) is 11.6 Å². The van der Waals surface area contributed by atoms with Crippen LogP contribution in [-0.4, -0.2) is 191 Å². The van der Waals surface area contributed by atoms with Crippen LogP contribution >= 0.6 is 0 Å². The van der Waals surface area contributed by atoms with Crippen molar-refractivity contribution in [2.75, 3.05) is 99.9 Å². The molecule has 1 amide bonds. The molecule has 478 valence electrons. The third-order valence-corrected chi connectivity index (χ3v) is 25.4. The fraction of sp³-hybridized carbons (Fsp3) is 0.537. The number of phenolic OH excluding ortho intramolecular Hbond substituents is 1. The van der Waals surface area contributed by atoms with Crippen LogP contribution in [0.15, 0.2) is 76.0 Å². The summed E-state index contributed by atoms with van der Waals surface area (Å²) in [5.74, 6) is -7.31. The van der Waals surface area contributed by atoms with Gasteiger partial charge in [0.05, 0.1) is 17.6 Å². The van der Waals surface area contributed by atoms with Gasteiger partial charge in [0, 0.05) is 74.5 Å². The summed E-state index contributed by atoms with van der Waals surface area (Å²) in [4.78, 5) is 95.8. The smallest absolute Gasteiger partial charge is 0.265 e. The second-order valence-electron chi connectivity index (χ2n) is 28.6. The molecule has 0 bridgehead atoms. The quantitative estimate of drug-likeness (QED) is 0.0301. The summed E-state index contributed by atoms with van der Waals surface area (Å²) in [6.45, 7) is 14.2. The van der Waals surface area contributed by atoms with Crippen LogP contribution in [-0.2, 0) is 43.1 Å². The monoisotopic (exact) mass is 1240 g/mol. The number of benzene rings is 3. The number of carbonyl (C=O) groups excluding carboxylic acids is 6. The van der Waals surface area contributed by atoms with Gasteiger partial charge in [-0.25, -0.2) is 0 Å². The molecule has 3 aromatic carbocycles. The lowest BCUT2D eigenvalue weighted by Crippen LogP contribution is -2.70. The number of aromatic nitrogens is 1. The van der Waals surface area contributed by atoms with Gasteiger partial charge in [-0.05, 0) is 170 Å². The molecule has 22 heteroatoms. The van der Waals surface area contributed by atoms with E-state index in [4.69, 9.17) is 19.4 Å². The van der Waals surface area contributed by atoms with E-state index in [0.717, 1.165) is 41.0 Å². The number of aliphatic hydroxyl groups excluding tert-OH is 2. The Balaban J connectivity index is 0.000000199. The third-order valence-electron chi connectivity index (χ3n) is 21.0. The van der Waals surface area contributed by atoms with Gasteiger partial charge in [-0.1, -0.05) is 57.2 Å². The number of carbonyl (C=O) groups is 6. The first-order valence-electron chi connectivity index (χ1n) is 30.5. The molecule has 7 aliphatic rings. The highest BCUT2D eigenvalue weighted by atomic mass is 28.4. The molecular weight excluding hydrogens is 1150 g/mol. The van der Waals surface area contributed by atoms with Crippen LogP contribution in [0.5, 0.6) is 11.6 Å². The van der Waals surface area contributed by atoms with E-state index in [1.165, 1.54) is 11.0 Å². The number of aryl methyl sites for hydroxylation is 1. The maximum atomic E-state index is 15.8. The minimum Gasteiger partial charge on any atom is -0.508 e. The van der Waals surface area contributed by atoms with Crippen molar-refractivity contribution in [3.05, 3.63) is 116 Å². The normalized spacial score (nSPS) is 28.5. The van der Waals surface area contributed by atoms with Gasteiger partial charge in [0.1, 0.15) is 40.4 Å². The molecular formula is C67H88N8O13Si. The molecule has 4 aromatic rings. The van der Waals surface area contributed by atoms with Gasteiger partial charge in [0.15, 0.2) is 42.6 Å². The van der Waals surface area contributed by atoms with Crippen LogP contribution in [0, 0.1) is 35.0 Å². The number of nitrogens with one attached hydrogen (secondary N) is 1. The summed E-state index contributed by atoms with van der Waals surface area (Å²) in [6, 6.07) is 15.1. The lowest BCUT2D eigenvalue weighted by atomic mass is 9.51. The Morgan fingerprint density at radius 1 is 0.787 bits per heavy atom. The number of primary amides is 1. The molecule has 0 radical (unpaired) electrons. The van der Waals surface area contributed by atoms with Crippen LogP contribution in [0.2, 0.25) is 18.1 Å². The predicted octanol–water partition coefficient (Wildman–Crippen LogP) is 6.53. The number of likely N-dealkylation sites (N-methyl/N-ethyl adjacent to an activating group) is 1. The zero-order valence-electron chi connectivity index (χ0n) is 54.3. The molecule has 89 heavy (non-hydrogen) atoms. The van der Waals surface area contributed by atoms with Crippen molar-refractivity contribution in [1.82, 2.24) is 25.2 Å². The largest absolute Gasteiger partial charge is 0.508 e. The highest BCUT2D eigenvalue weighted by molar-refractivity contribution is 6.74. The number of ketones is 5. The van der Waals surface area contributed by atoms with Crippen LogP contribution in [0.3, 0.4) is 0 Å². The van der Waals surface area contributed by atoms with E-state index in [0.29, 0.717) is 42.7 Å². The number of nitrogens with zero attached hydrogens (tertiary/aromatic N) is 6. The summed E-state index contributed by atoms with van der Waals surface area (Å²) >= 11 is 0. The van der Waals surface area contributed by atoms with E-state index >= 15 is 9.59 Å². The molecule has 7 N–H and O–H groups in total. The van der Waals surface area contributed by atoms with Gasteiger partial charge in [0.25, 0.3) is 11.8 Å². The molecule has 21 nitrogen and oxygen atoms in total. The van der Waals surface area contributed by atoms with Crippen LogP contribution < -0.4 is 25.6 Å². The fourth-order valence-electron chi connectivity index (χ4n) is 15.7. The van der Waals surface area contributed by atoms with E-state index in [2.05, 4.69) is 50.4 Å². The number of aromatic hydroxyl groups is 1. The zero-order chi connectivity index (χ0) is 65.4. The first kappa shape index (κ1) is 64.9. The van der Waals surface area contributed by atoms with E-state index in [-0.39, 0.29) is 70.9 Å². The number of aliphatic hydroxyl groups is 3. The molecule has 0 saturated heterocycles. The Labute approximate surface area is 522 Å². The SMILES string of the molecule is CN(C)CCCNC[C@@]12Cc3c(N(C)C)ccc(O)c3C(O)=C1C(=O)[C@]1(O)C(O)=C(C(N)=O)C(=O)[C@@H](N(C)C)[C@@H]1C2.Cc1ccc(N(C)C)c2c1C(=O)[C@@]13C[C@]1(C2)C[C@H]1[C@H](N(C)C)c2onc(OCc4ccccc4)c2C(=O)[C@@]1(O[Si](C)(C)C(C)(C)C)C3=O. The van der Waals surface area contributed by atoms with Crippen molar-refractivity contribution in [2.45, 2.75) is 114 Å². The molecule has 9 atom stereocenters. The maximum absolute atomic E-state index is 15.8. The average molecular weight is 1240 g/mol. The summed E-state index contributed by atoms with van der Waals surface area (Å²) < 4.78 is 19.5. The Bertz CT molecular complexity index is 3680. The van der Waals surface area contributed by atoms with Crippen molar-refractivity contribution in [1.29, 1.82) is 0 Å². The third kappa shape index (κ3) is 9.71. The Morgan fingerprint density at radius 3 is 1.99 bits per heavy atom. The predicted molar refractivity (Wildman–Crippen MR) is 339 cm³/mol. The Hall–Kier alpha value is -7.05. The molecule has 0 spiro atoms. The average Bonchev–Trinajstić information content (AvgIpc) is 1.48. The highest BCUT2D eigenvalue weighted by Gasteiger charge is 2.87. The number of rotatable bonds is 16. The second-order valence-corrected chi connectivity index (χ2v) is 33.4. The lowest BCUT2D eigenvalue weighted by molar-refractivity contribution is -0.157. The highest BCUT2D eigenvalue weighted by Crippen LogP contribution is 2.79. The van der Waals surface area contributed by atoms with Crippen molar-refractivity contribution in [3.63, 3.8) is 0 Å². The van der Waals surface area contributed by atoms with E-state index in [1.807, 2.05) is 119 Å². The van der Waals surface area contributed by atoms with Crippen molar-refractivity contribution < 1.29 is 62.9 Å². The number of phenols is 1. The molecule has 0 aliphatic heterocycles. The number of amides is 1. The fourth-order valence-corrected chi connectivity index (χ4v) is 17.2. The van der Waals surface area contributed by atoms with Crippen molar-refractivity contribution in [2.24, 2.45) is 33.8 Å². The summed E-state index contributed by atoms with van der Waals surface area (Å²) in [7, 11) is 15.8. The number of Topliss-reactive ketones (excluding diaryl/α,β-unsaturated/α-hetero) is 5. The zero-order valence-corrected chi connectivity index (χ0v) is 55.3. The van der Waals surface area contributed by atoms with Crippen LogP contribution in [0.25, 0.3) is 5.76 Å². The van der Waals surface area contributed by atoms with E-state index < -0.39 is 100 Å². The topological polar surface area (TPSA) is 282 Å². The lowest BCUT2D eigenvalue weighted by Gasteiger charge is -2.56. The number of ether oxygens (including phenoxy) is 1. The maximum Gasteiger partial charge on any atom is 0.265 e. The number of nitrogens with two attached hydrogens (primary N) is 1. The summed E-state index contributed by atoms with van der Waals surface area (Å²) in [5.41, 5.74) is 2.67. The van der Waals surface area contributed by atoms with Crippen LogP contribution in [0.1, 0.15) is 107 Å². The van der Waals surface area contributed by atoms with Crippen molar-refractivity contribution >= 4 is 60.3 Å². The number of hydrogen-bond acceptors (Lipinski definition) is 20. The van der Waals surface area contributed by atoms with Crippen LogP contribution in [0.4, 0.5) is 11.4 Å². The van der Waals surface area contributed by atoms with Gasteiger partial charge < -0.3 is 59.9 Å². The number of fused-ring (bicyclic) bond motifs is 6. The van der Waals surface area contributed by atoms with E-state index in [1.54, 1.807) is 20.2 Å². The molecule has 1 heterocycles. The number of anilines is 2. The molecule has 1 aromatic heterocycles. The molecule has 11 rings (SSSR count). The molecule has 3 saturated carbocycles. The first-order chi connectivity index (χ1) is 41.5. The molecule has 7 aliphatic carbocycles. The molecule has 0 unspecified atom stereocenters. The summed E-state index contributed by atoms with van der Waals surface area (Å²) in [5, 5.41) is 53.1. The first-order valence-corrected chi connectivity index (χ1v) is 33.4. The standard InChI is InChI=1S/C38H47N3O6Si.C29H41N5O7/c1-22-16-17-26(40(5)6)24-18-36-19-25-29(41(7)8)30-28(33(39-46-30)45-20-23-14-12-11-13-15-23)32(43)38(25,47-48(9,10)35(2,3)4)34(44)37(36,21-36)31(42)27(22)24;1-32(2)11-7-10-31-14-28-12-15-17(33(3)4)8-9-18(35)19(15)23(36)21(28)26(39)29(41)16(13-28)22(34(5)6)24(37)20(25(29)38)27(30)40/h11-17,25,29H,18-21H2,1-10H3;8-9,16,22,31,35-36,38,41H,7,10-14H2,1-6H3,(H2,30,40)/t25-,29-,36-,37+,38+;16-,22-,28-,29+/m00/s1.